The van der Waals surface area contributed by atoms with Crippen LogP contribution in [-0.4, -0.2) is 19.7 Å². The molecule has 0 saturated carbocycles. The van der Waals surface area contributed by atoms with Gasteiger partial charge in [0.2, 0.25) is 0 Å². The van der Waals surface area contributed by atoms with Crippen molar-refractivity contribution in [1.29, 1.82) is 0 Å². The van der Waals surface area contributed by atoms with Crippen molar-refractivity contribution in [2.24, 2.45) is 0 Å². The molecule has 1 aromatic rings. The Morgan fingerprint density at radius 3 is 2.47 bits per heavy atom. The molecule has 0 bridgehead atoms. The molecule has 17 heavy (non-hydrogen) atoms. The van der Waals surface area contributed by atoms with E-state index in [0.29, 0.717) is 5.69 Å². The highest BCUT2D eigenvalue weighted by atomic mass is 32.2. The van der Waals surface area contributed by atoms with Crippen LogP contribution in [0.4, 0.5) is 4.39 Å². The van der Waals surface area contributed by atoms with Crippen LogP contribution in [0, 0.1) is 5.82 Å². The summed E-state index contributed by atoms with van der Waals surface area (Å²) < 4.78 is 36.3. The van der Waals surface area contributed by atoms with Gasteiger partial charge in [-0.3, -0.25) is 4.98 Å². The van der Waals surface area contributed by atoms with E-state index >= 15 is 0 Å². The summed E-state index contributed by atoms with van der Waals surface area (Å²) in [5.74, 6) is -0.457. The summed E-state index contributed by atoms with van der Waals surface area (Å²) >= 11 is 0. The molecule has 1 rings (SSSR count). The highest BCUT2D eigenvalue weighted by molar-refractivity contribution is 7.90. The monoisotopic (exact) mass is 259 g/mol. The summed E-state index contributed by atoms with van der Waals surface area (Å²) in [5, 5.41) is 0. The van der Waals surface area contributed by atoms with Crippen LogP contribution in [0.2, 0.25) is 0 Å². The lowest BCUT2D eigenvalue weighted by molar-refractivity contribution is 0.518. The first-order chi connectivity index (χ1) is 7.90. The van der Waals surface area contributed by atoms with Crippen LogP contribution in [0.5, 0.6) is 0 Å². The van der Waals surface area contributed by atoms with Gasteiger partial charge in [-0.15, -0.1) is 0 Å². The maximum Gasteiger partial charge on any atom is 0.177 e. The minimum absolute atomic E-state index is 0.0635. The van der Waals surface area contributed by atoms with Crippen LogP contribution in [0.3, 0.4) is 0 Å². The summed E-state index contributed by atoms with van der Waals surface area (Å²) in [6, 6.07) is 1.07. The fraction of sp³-hybridized carbons (Fsp3) is 0.583. The Hall–Kier alpha value is -0.970. The Bertz CT molecular complexity index is 485. The lowest BCUT2D eigenvalue weighted by Crippen LogP contribution is -2.06. The number of halogens is 1. The fourth-order valence-electron chi connectivity index (χ4n) is 1.82. The summed E-state index contributed by atoms with van der Waals surface area (Å²) in [6.07, 6.45) is 4.90. The molecule has 0 amide bonds. The van der Waals surface area contributed by atoms with E-state index in [-0.39, 0.29) is 10.8 Å². The van der Waals surface area contributed by atoms with Crippen molar-refractivity contribution in [2.75, 3.05) is 6.26 Å². The van der Waals surface area contributed by atoms with Crippen LogP contribution in [0.15, 0.2) is 17.2 Å². The van der Waals surface area contributed by atoms with Crippen molar-refractivity contribution >= 4 is 9.84 Å². The maximum atomic E-state index is 13.8. The first kappa shape index (κ1) is 14.1. The average molecular weight is 259 g/mol. The molecule has 1 heterocycles. The van der Waals surface area contributed by atoms with Gasteiger partial charge < -0.3 is 0 Å². The van der Waals surface area contributed by atoms with Crippen molar-refractivity contribution in [3.8, 4) is 0 Å². The lowest BCUT2D eigenvalue weighted by atomic mass is 9.96. The van der Waals surface area contributed by atoms with Crippen LogP contribution in [0.1, 0.15) is 44.7 Å². The highest BCUT2D eigenvalue weighted by Crippen LogP contribution is 2.26. The maximum absolute atomic E-state index is 13.8. The molecule has 0 N–H and O–H groups in total. The molecule has 0 radical (unpaired) electrons. The van der Waals surface area contributed by atoms with E-state index in [4.69, 9.17) is 0 Å². The van der Waals surface area contributed by atoms with Gasteiger partial charge in [0.25, 0.3) is 0 Å². The number of hydrogen-bond donors (Lipinski definition) is 0. The van der Waals surface area contributed by atoms with Crippen molar-refractivity contribution in [3.63, 3.8) is 0 Å². The van der Waals surface area contributed by atoms with E-state index in [1.54, 1.807) is 0 Å². The highest BCUT2D eigenvalue weighted by Gasteiger charge is 2.17. The second-order valence-electron chi connectivity index (χ2n) is 4.20. The van der Waals surface area contributed by atoms with E-state index in [1.807, 2.05) is 13.8 Å². The van der Waals surface area contributed by atoms with Crippen molar-refractivity contribution < 1.29 is 12.8 Å². The fourth-order valence-corrected chi connectivity index (χ4v) is 2.38. The zero-order chi connectivity index (χ0) is 13.1. The molecule has 0 fully saturated rings. The molecule has 1 unspecified atom stereocenters. The Labute approximate surface area is 102 Å². The zero-order valence-electron chi connectivity index (χ0n) is 10.4. The van der Waals surface area contributed by atoms with Crippen molar-refractivity contribution in [2.45, 2.75) is 43.9 Å². The summed E-state index contributed by atoms with van der Waals surface area (Å²) in [7, 11) is -3.39. The summed E-state index contributed by atoms with van der Waals surface area (Å²) in [5.41, 5.74) is 0.377. The summed E-state index contributed by atoms with van der Waals surface area (Å²) in [4.78, 5) is 3.92. The van der Waals surface area contributed by atoms with Crippen LogP contribution in [0.25, 0.3) is 0 Å². The minimum Gasteiger partial charge on any atom is -0.257 e. The van der Waals surface area contributed by atoms with Gasteiger partial charge in [-0.2, -0.15) is 0 Å². The first-order valence-electron chi connectivity index (χ1n) is 5.75. The predicted molar refractivity (Wildman–Crippen MR) is 65.2 cm³/mol. The van der Waals surface area contributed by atoms with Gasteiger partial charge in [0, 0.05) is 18.4 Å². The minimum atomic E-state index is -3.39. The second-order valence-corrected chi connectivity index (χ2v) is 6.22. The quantitative estimate of drug-likeness (QED) is 0.816. The molecule has 0 aliphatic carbocycles. The van der Waals surface area contributed by atoms with Crippen molar-refractivity contribution in [3.05, 3.63) is 23.8 Å². The molecule has 96 valence electrons. The van der Waals surface area contributed by atoms with E-state index in [1.165, 1.54) is 6.20 Å². The number of sulfone groups is 1. The third kappa shape index (κ3) is 3.49. The molecular formula is C12H18FNO2S. The van der Waals surface area contributed by atoms with Crippen LogP contribution in [-0.2, 0) is 9.84 Å². The molecule has 1 atom stereocenters. The van der Waals surface area contributed by atoms with Gasteiger partial charge in [-0.25, -0.2) is 12.8 Å². The van der Waals surface area contributed by atoms with Gasteiger partial charge in [0.15, 0.2) is 9.84 Å². The van der Waals surface area contributed by atoms with Gasteiger partial charge >= 0.3 is 0 Å². The number of nitrogens with zero attached hydrogens (tertiary/aromatic N) is 1. The number of hydrogen-bond acceptors (Lipinski definition) is 3. The van der Waals surface area contributed by atoms with Gasteiger partial charge in [0.05, 0.1) is 10.6 Å². The summed E-state index contributed by atoms with van der Waals surface area (Å²) in [6.45, 7) is 4.01. The van der Waals surface area contributed by atoms with E-state index in [0.717, 1.165) is 31.6 Å². The van der Waals surface area contributed by atoms with Gasteiger partial charge in [-0.05, 0) is 18.9 Å². The molecule has 5 heteroatoms. The van der Waals surface area contributed by atoms with Crippen molar-refractivity contribution in [1.82, 2.24) is 4.98 Å². The topological polar surface area (TPSA) is 47.0 Å². The SMILES string of the molecule is CCCC(CC)c1ncc(S(C)(=O)=O)cc1F. The van der Waals surface area contributed by atoms with E-state index in [2.05, 4.69) is 4.98 Å². The van der Waals surface area contributed by atoms with E-state index < -0.39 is 15.7 Å². The molecule has 0 aromatic carbocycles. The Morgan fingerprint density at radius 2 is 2.06 bits per heavy atom. The standard InChI is InChI=1S/C12H18FNO2S/c1-4-6-9(5-2)12-11(13)7-10(8-14-12)17(3,15)16/h7-9H,4-6H2,1-3H3. The smallest absolute Gasteiger partial charge is 0.177 e. The molecule has 0 aliphatic rings. The van der Waals surface area contributed by atoms with Gasteiger partial charge in [-0.1, -0.05) is 20.3 Å². The average Bonchev–Trinajstić information content (AvgIpc) is 2.25. The third-order valence-corrected chi connectivity index (χ3v) is 3.87. The number of rotatable bonds is 5. The first-order valence-corrected chi connectivity index (χ1v) is 7.64. The van der Waals surface area contributed by atoms with Crippen LogP contribution >= 0.6 is 0 Å². The van der Waals surface area contributed by atoms with Crippen LogP contribution < -0.4 is 0 Å². The number of aromatic nitrogens is 1. The third-order valence-electron chi connectivity index (χ3n) is 2.79. The molecule has 3 nitrogen and oxygen atoms in total. The van der Waals surface area contributed by atoms with E-state index in [9.17, 15) is 12.8 Å². The molecular weight excluding hydrogens is 241 g/mol. The normalized spacial score (nSPS) is 13.6. The largest absolute Gasteiger partial charge is 0.257 e. The lowest BCUT2D eigenvalue weighted by Gasteiger charge is -2.14. The molecule has 1 aromatic heterocycles. The second kappa shape index (κ2) is 5.58. The number of pyridine rings is 1. The molecule has 0 spiro atoms. The van der Waals surface area contributed by atoms with Gasteiger partial charge in [0.1, 0.15) is 5.82 Å². The Kier molecular flexibility index (Phi) is 4.62. The Morgan fingerprint density at radius 1 is 1.41 bits per heavy atom. The predicted octanol–water partition coefficient (Wildman–Crippen LogP) is 2.92. The molecule has 0 aliphatic heterocycles. The zero-order valence-corrected chi connectivity index (χ0v) is 11.2. The molecule has 0 saturated heterocycles. The Balaban J connectivity index is 3.13.